The maximum atomic E-state index is 12.3. The molecule has 3 rings (SSSR count). The van der Waals surface area contributed by atoms with Gasteiger partial charge in [-0.15, -0.1) is 11.8 Å². The van der Waals surface area contributed by atoms with Gasteiger partial charge < -0.3 is 21.3 Å². The van der Waals surface area contributed by atoms with Gasteiger partial charge >= 0.3 is 5.97 Å². The topological polar surface area (TPSA) is 133 Å². The highest BCUT2D eigenvalue weighted by Gasteiger charge is 2.54. The molecule has 0 saturated carbocycles. The van der Waals surface area contributed by atoms with Crippen LogP contribution in [0.1, 0.15) is 11.6 Å². The Morgan fingerprint density at radius 2 is 2.04 bits per heavy atom. The zero-order chi connectivity index (χ0) is 18.1. The van der Waals surface area contributed by atoms with Gasteiger partial charge in [0.05, 0.1) is 6.61 Å². The molecule has 1 fully saturated rings. The van der Waals surface area contributed by atoms with E-state index in [2.05, 4.69) is 5.32 Å². The zero-order valence-corrected chi connectivity index (χ0v) is 13.9. The van der Waals surface area contributed by atoms with Crippen molar-refractivity contribution in [2.75, 3.05) is 12.4 Å². The first-order valence-corrected chi connectivity index (χ1v) is 8.62. The van der Waals surface area contributed by atoms with E-state index >= 15 is 0 Å². The van der Waals surface area contributed by atoms with Gasteiger partial charge in [0.15, 0.2) is 0 Å². The first-order chi connectivity index (χ1) is 12.0. The summed E-state index contributed by atoms with van der Waals surface area (Å²) in [6, 6.07) is 7.01. The number of carboxylic acid groups (broad SMARTS) is 1. The number of aliphatic carboxylic acids is 1. The molecule has 1 saturated heterocycles. The summed E-state index contributed by atoms with van der Waals surface area (Å²) < 4.78 is 0. The predicted octanol–water partition coefficient (Wildman–Crippen LogP) is -0.583. The number of β-lactam (4-membered cyclic amide) rings is 1. The van der Waals surface area contributed by atoms with E-state index in [1.165, 1.54) is 11.8 Å². The van der Waals surface area contributed by atoms with Gasteiger partial charge in [-0.05, 0) is 11.1 Å². The molecule has 25 heavy (non-hydrogen) atoms. The summed E-state index contributed by atoms with van der Waals surface area (Å²) in [4.78, 5) is 37.2. The van der Waals surface area contributed by atoms with Crippen LogP contribution in [0.15, 0.2) is 41.6 Å². The molecule has 3 atom stereocenters. The predicted molar refractivity (Wildman–Crippen MR) is 90.1 cm³/mol. The fourth-order valence-corrected chi connectivity index (χ4v) is 4.19. The third-order valence-electron chi connectivity index (χ3n) is 4.18. The van der Waals surface area contributed by atoms with Crippen molar-refractivity contribution >= 4 is 29.5 Å². The van der Waals surface area contributed by atoms with Gasteiger partial charge in [0.1, 0.15) is 23.2 Å². The van der Waals surface area contributed by atoms with Crippen LogP contribution in [-0.4, -0.2) is 56.7 Å². The maximum Gasteiger partial charge on any atom is 0.352 e. The monoisotopic (exact) mass is 363 g/mol. The normalized spacial score (nSPS) is 23.6. The van der Waals surface area contributed by atoms with Crippen LogP contribution in [0.2, 0.25) is 0 Å². The molecule has 0 spiro atoms. The molecular formula is C16H17N3O5S. The number of nitrogens with two attached hydrogens (primary N) is 1. The lowest BCUT2D eigenvalue weighted by Gasteiger charge is -2.49. The molecule has 2 aliphatic heterocycles. The Balaban J connectivity index is 1.73. The first-order valence-electron chi connectivity index (χ1n) is 7.57. The molecule has 2 amide bonds. The van der Waals surface area contributed by atoms with E-state index in [9.17, 15) is 24.6 Å². The lowest BCUT2D eigenvalue weighted by Crippen LogP contribution is -2.71. The smallest absolute Gasteiger partial charge is 0.352 e. The Hall–Kier alpha value is -2.36. The Morgan fingerprint density at radius 1 is 1.36 bits per heavy atom. The van der Waals surface area contributed by atoms with Crippen LogP contribution >= 0.6 is 11.8 Å². The molecule has 2 heterocycles. The summed E-state index contributed by atoms with van der Waals surface area (Å²) in [7, 11) is 0. The SMILES string of the molecule is NC(C(=O)NC1C(=O)N2C(C(=O)O)=C(CO)CS[C@H]12)c1ccccc1. The standard InChI is InChI=1S/C16H17N3O5S/c17-10(8-4-2-1-3-5-8)13(21)18-11-14(22)19-12(16(23)24)9(6-20)7-25-15(11)19/h1-5,10-11,15,20H,6-7,17H2,(H,18,21)(H,23,24)/t10?,11?,15-/m1/s1. The van der Waals surface area contributed by atoms with Crippen LogP contribution in [-0.2, 0) is 14.4 Å². The van der Waals surface area contributed by atoms with Crippen molar-refractivity contribution < 1.29 is 24.6 Å². The molecule has 5 N–H and O–H groups in total. The van der Waals surface area contributed by atoms with Crippen molar-refractivity contribution in [3.05, 3.63) is 47.2 Å². The van der Waals surface area contributed by atoms with Crippen molar-refractivity contribution in [1.82, 2.24) is 10.2 Å². The Morgan fingerprint density at radius 3 is 2.64 bits per heavy atom. The van der Waals surface area contributed by atoms with E-state index in [0.717, 1.165) is 4.90 Å². The number of aliphatic hydroxyl groups is 1. The summed E-state index contributed by atoms with van der Waals surface area (Å²) >= 11 is 1.30. The number of carbonyl (C=O) groups is 3. The number of hydrogen-bond donors (Lipinski definition) is 4. The molecule has 8 nitrogen and oxygen atoms in total. The first kappa shape index (κ1) is 17.5. The number of carbonyl (C=O) groups excluding carboxylic acids is 2. The Labute approximate surface area is 147 Å². The minimum atomic E-state index is -1.27. The largest absolute Gasteiger partial charge is 0.477 e. The molecule has 0 radical (unpaired) electrons. The van der Waals surface area contributed by atoms with E-state index in [0.29, 0.717) is 5.56 Å². The number of amides is 2. The highest BCUT2D eigenvalue weighted by molar-refractivity contribution is 8.00. The van der Waals surface area contributed by atoms with Crippen LogP contribution in [0.3, 0.4) is 0 Å². The molecule has 2 aliphatic rings. The fraction of sp³-hybridized carbons (Fsp3) is 0.312. The third-order valence-corrected chi connectivity index (χ3v) is 5.52. The highest BCUT2D eigenvalue weighted by Crippen LogP contribution is 2.40. The number of nitrogens with one attached hydrogen (secondary N) is 1. The molecule has 0 aliphatic carbocycles. The Kier molecular flexibility index (Phi) is 4.80. The molecule has 132 valence electrons. The van der Waals surface area contributed by atoms with E-state index in [4.69, 9.17) is 5.73 Å². The minimum absolute atomic E-state index is 0.200. The van der Waals surface area contributed by atoms with Gasteiger partial charge in [0.2, 0.25) is 5.91 Å². The molecular weight excluding hydrogens is 346 g/mol. The second kappa shape index (κ2) is 6.87. The highest BCUT2D eigenvalue weighted by atomic mass is 32.2. The van der Waals surface area contributed by atoms with E-state index in [-0.39, 0.29) is 17.0 Å². The third kappa shape index (κ3) is 3.01. The molecule has 0 aromatic heterocycles. The number of rotatable bonds is 5. The summed E-state index contributed by atoms with van der Waals surface area (Å²) in [6.07, 6.45) is 0. The number of hydrogen-bond acceptors (Lipinski definition) is 6. The number of thioether (sulfide) groups is 1. The lowest BCUT2D eigenvalue weighted by atomic mass is 10.0. The molecule has 1 aromatic carbocycles. The van der Waals surface area contributed by atoms with Gasteiger partial charge in [-0.2, -0.15) is 0 Å². The fourth-order valence-electron chi connectivity index (χ4n) is 2.86. The summed E-state index contributed by atoms with van der Waals surface area (Å²) in [5.74, 6) is -2.01. The van der Waals surface area contributed by atoms with E-state index in [1.54, 1.807) is 30.3 Å². The Bertz CT molecular complexity index is 751. The second-order valence-electron chi connectivity index (χ2n) is 5.70. The van der Waals surface area contributed by atoms with Crippen LogP contribution < -0.4 is 11.1 Å². The van der Waals surface area contributed by atoms with Crippen LogP contribution in [0, 0.1) is 0 Å². The summed E-state index contributed by atoms with van der Waals surface area (Å²) in [6.45, 7) is -0.430. The van der Waals surface area contributed by atoms with Gasteiger partial charge in [0, 0.05) is 5.75 Å². The number of benzene rings is 1. The lowest BCUT2D eigenvalue weighted by molar-refractivity contribution is -0.151. The summed E-state index contributed by atoms with van der Waals surface area (Å²) in [5.41, 5.74) is 6.62. The molecule has 2 unspecified atom stereocenters. The van der Waals surface area contributed by atoms with Crippen molar-refractivity contribution in [2.45, 2.75) is 17.5 Å². The number of nitrogens with zero attached hydrogens (tertiary/aromatic N) is 1. The number of aliphatic hydroxyl groups excluding tert-OH is 1. The van der Waals surface area contributed by atoms with Crippen LogP contribution in [0.25, 0.3) is 0 Å². The van der Waals surface area contributed by atoms with Gasteiger partial charge in [-0.25, -0.2) is 4.79 Å². The van der Waals surface area contributed by atoms with Gasteiger partial charge in [-0.3, -0.25) is 14.5 Å². The van der Waals surface area contributed by atoms with Crippen molar-refractivity contribution in [2.24, 2.45) is 5.73 Å². The zero-order valence-electron chi connectivity index (χ0n) is 13.1. The van der Waals surface area contributed by atoms with Crippen molar-refractivity contribution in [3.63, 3.8) is 0 Å². The second-order valence-corrected chi connectivity index (χ2v) is 6.80. The number of fused-ring (bicyclic) bond motifs is 1. The van der Waals surface area contributed by atoms with E-state index < -0.39 is 41.8 Å². The van der Waals surface area contributed by atoms with Gasteiger partial charge in [0.25, 0.3) is 5.91 Å². The average molecular weight is 363 g/mol. The van der Waals surface area contributed by atoms with Crippen molar-refractivity contribution in [1.29, 1.82) is 0 Å². The minimum Gasteiger partial charge on any atom is -0.477 e. The molecule has 1 aromatic rings. The maximum absolute atomic E-state index is 12.3. The average Bonchev–Trinajstić information content (AvgIpc) is 2.64. The molecule has 0 bridgehead atoms. The van der Waals surface area contributed by atoms with Crippen LogP contribution in [0.5, 0.6) is 0 Å². The van der Waals surface area contributed by atoms with Gasteiger partial charge in [-0.1, -0.05) is 30.3 Å². The summed E-state index contributed by atoms with van der Waals surface area (Å²) in [5, 5.41) is 20.7. The molecule has 9 heteroatoms. The van der Waals surface area contributed by atoms with Crippen LogP contribution in [0.4, 0.5) is 0 Å². The number of carboxylic acids is 1. The quantitative estimate of drug-likeness (QED) is 0.514. The van der Waals surface area contributed by atoms with Crippen molar-refractivity contribution in [3.8, 4) is 0 Å². The van der Waals surface area contributed by atoms with E-state index in [1.807, 2.05) is 0 Å².